The first-order valence-electron chi connectivity index (χ1n) is 6.73. The van der Waals surface area contributed by atoms with Crippen LogP contribution in [0.25, 0.3) is 0 Å². The minimum atomic E-state index is -0.275. The summed E-state index contributed by atoms with van der Waals surface area (Å²) in [5.41, 5.74) is 1.48. The zero-order chi connectivity index (χ0) is 14.8. The minimum Gasteiger partial charge on any atom is -0.496 e. The Morgan fingerprint density at radius 2 is 1.86 bits per heavy atom. The molecule has 0 aliphatic carbocycles. The van der Waals surface area contributed by atoms with Crippen molar-refractivity contribution in [3.8, 4) is 17.2 Å². The zero-order valence-corrected chi connectivity index (χ0v) is 12.0. The molecule has 0 spiro atoms. The number of hydrogen-bond donors (Lipinski definition) is 0. The molecule has 0 aromatic heterocycles. The van der Waals surface area contributed by atoms with Crippen LogP contribution in [-0.4, -0.2) is 20.0 Å². The summed E-state index contributed by atoms with van der Waals surface area (Å²) >= 11 is 0. The van der Waals surface area contributed by atoms with Crippen LogP contribution in [0.5, 0.6) is 17.2 Å². The summed E-state index contributed by atoms with van der Waals surface area (Å²) in [6, 6.07) is 13.2. The van der Waals surface area contributed by atoms with E-state index in [2.05, 4.69) is 0 Å². The predicted octanol–water partition coefficient (Wildman–Crippen LogP) is 3.41. The lowest BCUT2D eigenvalue weighted by Crippen LogP contribution is -2.21. The minimum absolute atomic E-state index is 0.0182. The summed E-state index contributed by atoms with van der Waals surface area (Å²) in [6.45, 7) is 0. The topological polar surface area (TPSA) is 44.8 Å². The monoisotopic (exact) mass is 284 g/mol. The van der Waals surface area contributed by atoms with Gasteiger partial charge in [-0.15, -0.1) is 0 Å². The van der Waals surface area contributed by atoms with Crippen molar-refractivity contribution >= 4 is 5.78 Å². The van der Waals surface area contributed by atoms with E-state index in [4.69, 9.17) is 14.2 Å². The fourth-order valence-corrected chi connectivity index (χ4v) is 2.53. The third-order valence-electron chi connectivity index (χ3n) is 3.59. The SMILES string of the molecule is COc1cc(OC)c2c(c1)O[C@H](c1ccccc1)CC2=O. The predicted molar refractivity (Wildman–Crippen MR) is 78.3 cm³/mol. The van der Waals surface area contributed by atoms with E-state index in [0.29, 0.717) is 29.2 Å². The molecule has 0 amide bonds. The molecule has 2 aromatic carbocycles. The van der Waals surface area contributed by atoms with Gasteiger partial charge in [-0.25, -0.2) is 0 Å². The van der Waals surface area contributed by atoms with Crippen LogP contribution in [0.1, 0.15) is 28.4 Å². The van der Waals surface area contributed by atoms with Crippen molar-refractivity contribution in [1.29, 1.82) is 0 Å². The third-order valence-corrected chi connectivity index (χ3v) is 3.59. The molecule has 0 fully saturated rings. The number of carbonyl (C=O) groups excluding carboxylic acids is 1. The largest absolute Gasteiger partial charge is 0.496 e. The average molecular weight is 284 g/mol. The molecule has 4 heteroatoms. The van der Waals surface area contributed by atoms with E-state index in [1.165, 1.54) is 7.11 Å². The van der Waals surface area contributed by atoms with Gasteiger partial charge in [-0.1, -0.05) is 30.3 Å². The molecule has 1 aliphatic heterocycles. The molecular formula is C17H16O4. The molecular weight excluding hydrogens is 268 g/mol. The maximum absolute atomic E-state index is 12.4. The quantitative estimate of drug-likeness (QED) is 0.866. The van der Waals surface area contributed by atoms with Crippen LogP contribution >= 0.6 is 0 Å². The fraction of sp³-hybridized carbons (Fsp3) is 0.235. The first-order valence-corrected chi connectivity index (χ1v) is 6.73. The molecule has 0 N–H and O–H groups in total. The molecule has 21 heavy (non-hydrogen) atoms. The van der Waals surface area contributed by atoms with E-state index in [1.807, 2.05) is 30.3 Å². The number of Topliss-reactive ketones (excluding diaryl/α,β-unsaturated/α-hetero) is 1. The van der Waals surface area contributed by atoms with Gasteiger partial charge in [-0.2, -0.15) is 0 Å². The number of fused-ring (bicyclic) bond motifs is 1. The highest BCUT2D eigenvalue weighted by atomic mass is 16.5. The lowest BCUT2D eigenvalue weighted by atomic mass is 9.95. The van der Waals surface area contributed by atoms with Crippen LogP contribution in [-0.2, 0) is 0 Å². The lowest BCUT2D eigenvalue weighted by molar-refractivity contribution is 0.0844. The molecule has 4 nitrogen and oxygen atoms in total. The van der Waals surface area contributed by atoms with Gasteiger partial charge in [0.2, 0.25) is 0 Å². The molecule has 108 valence electrons. The first-order chi connectivity index (χ1) is 10.2. The van der Waals surface area contributed by atoms with Crippen LogP contribution in [0, 0.1) is 0 Å². The van der Waals surface area contributed by atoms with Crippen LogP contribution < -0.4 is 14.2 Å². The highest BCUT2D eigenvalue weighted by Crippen LogP contribution is 2.42. The molecule has 2 aromatic rings. The number of methoxy groups -OCH3 is 2. The smallest absolute Gasteiger partial charge is 0.174 e. The Labute approximate surface area is 123 Å². The maximum Gasteiger partial charge on any atom is 0.174 e. The zero-order valence-electron chi connectivity index (χ0n) is 12.0. The lowest BCUT2D eigenvalue weighted by Gasteiger charge is -2.27. The Morgan fingerprint density at radius 3 is 2.52 bits per heavy atom. The van der Waals surface area contributed by atoms with Gasteiger partial charge in [0.15, 0.2) is 5.78 Å². The molecule has 0 saturated carbocycles. The highest BCUT2D eigenvalue weighted by molar-refractivity contribution is 6.02. The van der Waals surface area contributed by atoms with Crippen LogP contribution in [0.4, 0.5) is 0 Å². The standard InChI is InChI=1S/C17H16O4/c1-19-12-8-15(20-2)17-13(18)10-14(21-16(17)9-12)11-6-4-3-5-7-11/h3-9,14H,10H2,1-2H3/t14-/m0/s1. The molecule has 1 atom stereocenters. The van der Waals surface area contributed by atoms with E-state index in [-0.39, 0.29) is 11.9 Å². The fourth-order valence-electron chi connectivity index (χ4n) is 2.53. The van der Waals surface area contributed by atoms with Gasteiger partial charge in [0.25, 0.3) is 0 Å². The van der Waals surface area contributed by atoms with Gasteiger partial charge in [-0.3, -0.25) is 4.79 Å². The van der Waals surface area contributed by atoms with Crippen molar-refractivity contribution in [2.75, 3.05) is 14.2 Å². The van der Waals surface area contributed by atoms with E-state index >= 15 is 0 Å². The van der Waals surface area contributed by atoms with Crippen molar-refractivity contribution < 1.29 is 19.0 Å². The van der Waals surface area contributed by atoms with Crippen molar-refractivity contribution in [3.05, 3.63) is 53.6 Å². The number of carbonyl (C=O) groups is 1. The highest BCUT2D eigenvalue weighted by Gasteiger charge is 2.31. The third kappa shape index (κ3) is 2.44. The second kappa shape index (κ2) is 5.48. The summed E-state index contributed by atoms with van der Waals surface area (Å²) in [4.78, 5) is 12.4. The van der Waals surface area contributed by atoms with E-state index in [1.54, 1.807) is 19.2 Å². The molecule has 0 radical (unpaired) electrons. The number of benzene rings is 2. The van der Waals surface area contributed by atoms with Gasteiger partial charge in [0.1, 0.15) is 28.9 Å². The van der Waals surface area contributed by atoms with Gasteiger partial charge < -0.3 is 14.2 Å². The van der Waals surface area contributed by atoms with Crippen LogP contribution in [0.3, 0.4) is 0 Å². The Morgan fingerprint density at radius 1 is 1.10 bits per heavy atom. The van der Waals surface area contributed by atoms with E-state index < -0.39 is 0 Å². The molecule has 1 heterocycles. The van der Waals surface area contributed by atoms with Crippen LogP contribution in [0.2, 0.25) is 0 Å². The van der Waals surface area contributed by atoms with Gasteiger partial charge >= 0.3 is 0 Å². The van der Waals surface area contributed by atoms with Gasteiger partial charge in [0, 0.05) is 12.1 Å². The summed E-state index contributed by atoms with van der Waals surface area (Å²) in [6.07, 6.45) is 0.0303. The summed E-state index contributed by atoms with van der Waals surface area (Å²) in [5, 5.41) is 0. The van der Waals surface area contributed by atoms with Gasteiger partial charge in [0.05, 0.1) is 20.6 Å². The van der Waals surface area contributed by atoms with Crippen molar-refractivity contribution in [2.24, 2.45) is 0 Å². The molecule has 0 saturated heterocycles. The normalized spacial score (nSPS) is 16.9. The van der Waals surface area contributed by atoms with Crippen molar-refractivity contribution in [3.63, 3.8) is 0 Å². The van der Waals surface area contributed by atoms with E-state index in [0.717, 1.165) is 5.56 Å². The summed E-state index contributed by atoms with van der Waals surface area (Å²) < 4.78 is 16.5. The molecule has 0 bridgehead atoms. The second-order valence-corrected chi connectivity index (χ2v) is 4.85. The van der Waals surface area contributed by atoms with E-state index in [9.17, 15) is 4.79 Å². The Bertz CT molecular complexity index is 664. The number of rotatable bonds is 3. The molecule has 1 aliphatic rings. The maximum atomic E-state index is 12.4. The van der Waals surface area contributed by atoms with Crippen molar-refractivity contribution in [1.82, 2.24) is 0 Å². The number of hydrogen-bond acceptors (Lipinski definition) is 4. The molecule has 0 unspecified atom stereocenters. The summed E-state index contributed by atoms with van der Waals surface area (Å²) in [5.74, 6) is 1.62. The second-order valence-electron chi connectivity index (χ2n) is 4.85. The molecule has 3 rings (SSSR count). The number of ether oxygens (including phenoxy) is 3. The van der Waals surface area contributed by atoms with Crippen molar-refractivity contribution in [2.45, 2.75) is 12.5 Å². The Kier molecular flexibility index (Phi) is 3.52. The Hall–Kier alpha value is -2.49. The first kappa shape index (κ1) is 13.5. The van der Waals surface area contributed by atoms with Gasteiger partial charge in [-0.05, 0) is 5.56 Å². The van der Waals surface area contributed by atoms with Crippen LogP contribution in [0.15, 0.2) is 42.5 Å². The Balaban J connectivity index is 2.03. The summed E-state index contributed by atoms with van der Waals surface area (Å²) in [7, 11) is 3.10. The average Bonchev–Trinajstić information content (AvgIpc) is 2.54. The number of ketones is 1.